The Labute approximate surface area is 161 Å². The van der Waals surface area contributed by atoms with E-state index in [1.165, 1.54) is 0 Å². The topological polar surface area (TPSA) is 92.3 Å². The minimum atomic E-state index is -0.908. The van der Waals surface area contributed by atoms with Crippen LogP contribution >= 0.6 is 0 Å². The second kappa shape index (κ2) is 8.08. The fourth-order valence-corrected chi connectivity index (χ4v) is 2.81. The van der Waals surface area contributed by atoms with Crippen molar-refractivity contribution in [1.29, 1.82) is 0 Å². The van der Waals surface area contributed by atoms with Crippen molar-refractivity contribution in [3.8, 4) is 23.0 Å². The van der Waals surface area contributed by atoms with E-state index < -0.39 is 24.6 Å². The van der Waals surface area contributed by atoms with Gasteiger partial charge in [0.25, 0.3) is 5.91 Å². The lowest BCUT2D eigenvalue weighted by Crippen LogP contribution is -2.43. The van der Waals surface area contributed by atoms with Gasteiger partial charge in [0.1, 0.15) is 19.3 Å². The van der Waals surface area contributed by atoms with Gasteiger partial charge in [0.15, 0.2) is 29.6 Å². The van der Waals surface area contributed by atoms with Gasteiger partial charge in [-0.15, -0.1) is 0 Å². The zero-order chi connectivity index (χ0) is 19.3. The molecule has 1 amide bonds. The average molecular weight is 385 g/mol. The minimum absolute atomic E-state index is 0.0319. The van der Waals surface area contributed by atoms with Crippen LogP contribution in [-0.2, 0) is 14.3 Å². The Kier molecular flexibility index (Phi) is 5.18. The van der Waals surface area contributed by atoms with Crippen molar-refractivity contribution in [2.24, 2.45) is 0 Å². The highest BCUT2D eigenvalue weighted by atomic mass is 16.6. The minimum Gasteiger partial charge on any atom is -0.486 e. The van der Waals surface area contributed by atoms with Crippen LogP contribution in [0.4, 0.5) is 0 Å². The van der Waals surface area contributed by atoms with Crippen molar-refractivity contribution in [3.05, 3.63) is 48.5 Å². The predicted molar refractivity (Wildman–Crippen MR) is 96.7 cm³/mol. The van der Waals surface area contributed by atoms with Gasteiger partial charge < -0.3 is 29.0 Å². The number of hydrogen-bond donors (Lipinski definition) is 1. The second-order valence-corrected chi connectivity index (χ2v) is 6.27. The number of nitrogens with one attached hydrogen (secondary N) is 1. The van der Waals surface area contributed by atoms with E-state index in [1.54, 1.807) is 24.3 Å². The number of carbonyl (C=O) groups excluding carboxylic acids is 2. The van der Waals surface area contributed by atoms with Crippen molar-refractivity contribution in [1.82, 2.24) is 5.32 Å². The maximum Gasteiger partial charge on any atom is 0.351 e. The molecule has 0 unspecified atom stereocenters. The van der Waals surface area contributed by atoms with Crippen molar-refractivity contribution in [3.63, 3.8) is 0 Å². The molecule has 0 spiro atoms. The standard InChI is InChI=1S/C20H19NO7/c22-19(21-9-13-10-24-14-5-1-3-7-16(14)27-13)12-26-20(23)18-11-25-15-6-2-4-8-17(15)28-18/h1-8,13,18H,9-12H2,(H,21,22)/t13-,18-/m0/s1. The quantitative estimate of drug-likeness (QED) is 0.776. The molecule has 0 saturated heterocycles. The van der Waals surface area contributed by atoms with Crippen molar-refractivity contribution < 1.29 is 33.3 Å². The highest BCUT2D eigenvalue weighted by Crippen LogP contribution is 2.31. The number of benzene rings is 2. The Morgan fingerprint density at radius 3 is 2.21 bits per heavy atom. The summed E-state index contributed by atoms with van der Waals surface area (Å²) >= 11 is 0. The number of para-hydroxylation sites is 4. The lowest BCUT2D eigenvalue weighted by Gasteiger charge is -2.26. The molecular weight excluding hydrogens is 366 g/mol. The summed E-state index contributed by atoms with van der Waals surface area (Å²) in [5.41, 5.74) is 0. The van der Waals surface area contributed by atoms with Gasteiger partial charge in [-0.05, 0) is 24.3 Å². The zero-order valence-electron chi connectivity index (χ0n) is 15.0. The van der Waals surface area contributed by atoms with E-state index in [0.717, 1.165) is 0 Å². The van der Waals surface area contributed by atoms with Gasteiger partial charge >= 0.3 is 5.97 Å². The van der Waals surface area contributed by atoms with Crippen LogP contribution in [0.5, 0.6) is 23.0 Å². The van der Waals surface area contributed by atoms with Gasteiger partial charge in [0.2, 0.25) is 6.10 Å². The van der Waals surface area contributed by atoms with Gasteiger partial charge in [-0.2, -0.15) is 0 Å². The molecule has 2 aliphatic rings. The van der Waals surface area contributed by atoms with Gasteiger partial charge in [-0.25, -0.2) is 4.79 Å². The van der Waals surface area contributed by atoms with E-state index in [4.69, 9.17) is 23.7 Å². The van der Waals surface area contributed by atoms with Crippen LogP contribution in [0.2, 0.25) is 0 Å². The van der Waals surface area contributed by atoms with Crippen LogP contribution in [0.3, 0.4) is 0 Å². The van der Waals surface area contributed by atoms with Crippen LogP contribution in [0.15, 0.2) is 48.5 Å². The smallest absolute Gasteiger partial charge is 0.351 e. The summed E-state index contributed by atoms with van der Waals surface area (Å²) in [6.07, 6.45) is -1.23. The Morgan fingerprint density at radius 2 is 1.50 bits per heavy atom. The molecule has 4 rings (SSSR count). The van der Waals surface area contributed by atoms with Gasteiger partial charge in [-0.3, -0.25) is 4.79 Å². The summed E-state index contributed by atoms with van der Waals surface area (Å²) in [6, 6.07) is 14.4. The highest BCUT2D eigenvalue weighted by molar-refractivity contribution is 5.82. The van der Waals surface area contributed by atoms with E-state index in [-0.39, 0.29) is 19.3 Å². The molecule has 0 fully saturated rings. The third-order valence-corrected chi connectivity index (χ3v) is 4.21. The molecule has 0 aliphatic carbocycles. The lowest BCUT2D eigenvalue weighted by molar-refractivity contribution is -0.157. The number of esters is 1. The monoisotopic (exact) mass is 385 g/mol. The van der Waals surface area contributed by atoms with Gasteiger partial charge in [0.05, 0.1) is 6.54 Å². The van der Waals surface area contributed by atoms with Crippen molar-refractivity contribution >= 4 is 11.9 Å². The zero-order valence-corrected chi connectivity index (χ0v) is 15.0. The molecule has 0 aromatic heterocycles. The van der Waals surface area contributed by atoms with Crippen LogP contribution in [-0.4, -0.2) is 50.4 Å². The number of amides is 1. The average Bonchev–Trinajstić information content (AvgIpc) is 2.75. The highest BCUT2D eigenvalue weighted by Gasteiger charge is 2.29. The SMILES string of the molecule is O=C(COC(=O)[C@@H]1COc2ccccc2O1)NC[C@H]1COc2ccccc2O1. The summed E-state index contributed by atoms with van der Waals surface area (Å²) in [5, 5.41) is 2.66. The molecule has 2 aromatic carbocycles. The number of rotatable bonds is 5. The summed E-state index contributed by atoms with van der Waals surface area (Å²) < 4.78 is 27.4. The Bertz CT molecular complexity index is 869. The lowest BCUT2D eigenvalue weighted by atomic mass is 10.2. The fraction of sp³-hybridized carbons (Fsp3) is 0.300. The molecule has 0 radical (unpaired) electrons. The predicted octanol–water partition coefficient (Wildman–Crippen LogP) is 1.33. The number of fused-ring (bicyclic) bond motifs is 2. The summed E-state index contributed by atoms with van der Waals surface area (Å²) in [6.45, 7) is 0.180. The molecule has 2 heterocycles. The third-order valence-electron chi connectivity index (χ3n) is 4.21. The first kappa shape index (κ1) is 18.0. The molecule has 146 valence electrons. The van der Waals surface area contributed by atoms with Gasteiger partial charge in [-0.1, -0.05) is 24.3 Å². The second-order valence-electron chi connectivity index (χ2n) is 6.27. The molecule has 1 N–H and O–H groups in total. The first-order valence-electron chi connectivity index (χ1n) is 8.89. The molecule has 2 aliphatic heterocycles. The van der Waals surface area contributed by atoms with Crippen LogP contribution in [0.25, 0.3) is 0 Å². The van der Waals surface area contributed by atoms with Crippen LogP contribution < -0.4 is 24.3 Å². The van der Waals surface area contributed by atoms with E-state index in [9.17, 15) is 9.59 Å². The largest absolute Gasteiger partial charge is 0.486 e. The molecule has 28 heavy (non-hydrogen) atoms. The van der Waals surface area contributed by atoms with E-state index >= 15 is 0 Å². The number of hydrogen-bond acceptors (Lipinski definition) is 7. The molecular formula is C20H19NO7. The summed E-state index contributed by atoms with van der Waals surface area (Å²) in [7, 11) is 0. The van der Waals surface area contributed by atoms with Crippen LogP contribution in [0, 0.1) is 0 Å². The van der Waals surface area contributed by atoms with Crippen LogP contribution in [0.1, 0.15) is 0 Å². The fourth-order valence-electron chi connectivity index (χ4n) is 2.81. The first-order chi connectivity index (χ1) is 13.7. The molecule has 8 nitrogen and oxygen atoms in total. The maximum atomic E-state index is 12.1. The molecule has 8 heteroatoms. The van der Waals surface area contributed by atoms with Crippen molar-refractivity contribution in [2.45, 2.75) is 12.2 Å². The molecule has 2 atom stereocenters. The third kappa shape index (κ3) is 4.11. The van der Waals surface area contributed by atoms with E-state index in [1.807, 2.05) is 24.3 Å². The summed E-state index contributed by atoms with van der Waals surface area (Å²) in [5.74, 6) is 1.25. The first-order valence-corrected chi connectivity index (χ1v) is 8.89. The molecule has 0 saturated carbocycles. The normalized spacial score (nSPS) is 19.4. The van der Waals surface area contributed by atoms with Gasteiger partial charge in [0, 0.05) is 0 Å². The Balaban J connectivity index is 1.19. The van der Waals surface area contributed by atoms with E-state index in [0.29, 0.717) is 29.6 Å². The number of carbonyl (C=O) groups is 2. The summed E-state index contributed by atoms with van der Waals surface area (Å²) in [4.78, 5) is 24.1. The number of ether oxygens (including phenoxy) is 5. The Morgan fingerprint density at radius 1 is 0.893 bits per heavy atom. The van der Waals surface area contributed by atoms with Crippen molar-refractivity contribution in [2.75, 3.05) is 26.4 Å². The van der Waals surface area contributed by atoms with E-state index in [2.05, 4.69) is 5.32 Å². The molecule has 2 aromatic rings. The molecule has 0 bridgehead atoms. The Hall–Kier alpha value is -3.42. The maximum absolute atomic E-state index is 12.1.